The normalized spacial score (nSPS) is 11.6. The van der Waals surface area contributed by atoms with Crippen molar-refractivity contribution in [3.63, 3.8) is 0 Å². The van der Waals surface area contributed by atoms with Gasteiger partial charge in [0.2, 0.25) is 0 Å². The van der Waals surface area contributed by atoms with Crippen molar-refractivity contribution in [2.75, 3.05) is 11.9 Å². The van der Waals surface area contributed by atoms with Crippen molar-refractivity contribution < 1.29 is 0 Å². The summed E-state index contributed by atoms with van der Waals surface area (Å²) < 4.78 is 1.06. The van der Waals surface area contributed by atoms with E-state index in [2.05, 4.69) is 38.9 Å². The summed E-state index contributed by atoms with van der Waals surface area (Å²) in [5, 5.41) is 0. The molecule has 2 heteroatoms. The molecule has 0 bridgehead atoms. The van der Waals surface area contributed by atoms with Crippen molar-refractivity contribution in [1.82, 2.24) is 0 Å². The van der Waals surface area contributed by atoms with Crippen LogP contribution in [0.2, 0.25) is 0 Å². The fraction of sp³-hybridized carbons (Fsp3) is 0.125. The number of hydrogen-bond acceptors (Lipinski definition) is 1. The van der Waals surface area contributed by atoms with Gasteiger partial charge >= 0.3 is 0 Å². The molecule has 2 aromatic carbocycles. The number of rotatable bonds is 3. The fourth-order valence-corrected chi connectivity index (χ4v) is 2.15. The van der Waals surface area contributed by atoms with E-state index in [4.69, 9.17) is 6.42 Å². The summed E-state index contributed by atoms with van der Waals surface area (Å²) in [5.41, 5.74) is 2.23. The zero-order valence-electron chi connectivity index (χ0n) is 10.2. The first-order valence-corrected chi connectivity index (χ1v) is 6.51. The summed E-state index contributed by atoms with van der Waals surface area (Å²) in [5.74, 6) is 2.85. The van der Waals surface area contributed by atoms with E-state index >= 15 is 0 Å². The molecule has 0 spiro atoms. The second-order valence-electron chi connectivity index (χ2n) is 4.07. The number of terminal acetylenes is 1. The monoisotopic (exact) mass is 299 g/mol. The Hall–Kier alpha value is -1.72. The smallest absolute Gasteiger partial charge is 0.115 e. The Morgan fingerprint density at radius 3 is 2.22 bits per heavy atom. The number of nitrogens with zero attached hydrogens (tertiary/aromatic N) is 1. The van der Waals surface area contributed by atoms with Crippen molar-refractivity contribution in [3.05, 3.63) is 64.6 Å². The molecule has 0 N–H and O–H groups in total. The van der Waals surface area contributed by atoms with Gasteiger partial charge in [-0.25, -0.2) is 0 Å². The van der Waals surface area contributed by atoms with E-state index in [9.17, 15) is 0 Å². The number of anilines is 1. The van der Waals surface area contributed by atoms with Gasteiger partial charge in [0.25, 0.3) is 0 Å². The molecule has 0 saturated carbocycles. The highest BCUT2D eigenvalue weighted by Crippen LogP contribution is 2.25. The van der Waals surface area contributed by atoms with Gasteiger partial charge in [0.15, 0.2) is 0 Å². The molecule has 0 radical (unpaired) electrons. The van der Waals surface area contributed by atoms with Gasteiger partial charge in [-0.05, 0) is 29.8 Å². The molecule has 0 saturated heterocycles. The van der Waals surface area contributed by atoms with Gasteiger partial charge in [0.05, 0.1) is 0 Å². The Kier molecular flexibility index (Phi) is 4.07. The van der Waals surface area contributed by atoms with Gasteiger partial charge in [0, 0.05) is 17.2 Å². The molecular formula is C16H14BrN. The molecule has 2 aromatic rings. The maximum Gasteiger partial charge on any atom is 0.115 e. The average molecular weight is 300 g/mol. The molecule has 0 amide bonds. The molecule has 1 atom stereocenters. The SMILES string of the molecule is C#C[C@@H](c1ccc(Br)cc1)N(C)c1ccccc1. The van der Waals surface area contributed by atoms with Crippen LogP contribution >= 0.6 is 15.9 Å². The Labute approximate surface area is 117 Å². The lowest BCUT2D eigenvalue weighted by molar-refractivity contribution is 0.835. The van der Waals surface area contributed by atoms with Gasteiger partial charge in [-0.2, -0.15) is 0 Å². The van der Waals surface area contributed by atoms with Crippen LogP contribution in [0.25, 0.3) is 0 Å². The van der Waals surface area contributed by atoms with Crippen LogP contribution in [0.4, 0.5) is 5.69 Å². The molecule has 0 unspecified atom stereocenters. The quantitative estimate of drug-likeness (QED) is 0.766. The summed E-state index contributed by atoms with van der Waals surface area (Å²) in [6, 6.07) is 18.2. The third-order valence-electron chi connectivity index (χ3n) is 2.89. The van der Waals surface area contributed by atoms with E-state index in [-0.39, 0.29) is 6.04 Å². The molecule has 0 aliphatic rings. The van der Waals surface area contributed by atoms with Gasteiger partial charge in [-0.3, -0.25) is 0 Å². The van der Waals surface area contributed by atoms with Crippen molar-refractivity contribution in [1.29, 1.82) is 0 Å². The van der Waals surface area contributed by atoms with E-state index in [0.717, 1.165) is 15.7 Å². The zero-order valence-corrected chi connectivity index (χ0v) is 11.8. The molecule has 0 aliphatic heterocycles. The topological polar surface area (TPSA) is 3.24 Å². The predicted molar refractivity (Wildman–Crippen MR) is 80.6 cm³/mol. The molecule has 0 heterocycles. The number of benzene rings is 2. The predicted octanol–water partition coefficient (Wildman–Crippen LogP) is 4.26. The van der Waals surface area contributed by atoms with Crippen LogP contribution in [0.15, 0.2) is 59.1 Å². The summed E-state index contributed by atoms with van der Waals surface area (Å²) in [7, 11) is 2.02. The Bertz CT molecular complexity index is 540. The molecule has 90 valence electrons. The van der Waals surface area contributed by atoms with Gasteiger partial charge in [-0.1, -0.05) is 52.2 Å². The standard InChI is InChI=1S/C16H14BrN/c1-3-16(13-9-11-14(17)12-10-13)18(2)15-7-5-4-6-8-15/h1,4-12,16H,2H3/t16-/m0/s1. The Morgan fingerprint density at radius 1 is 1.06 bits per heavy atom. The number of para-hydroxylation sites is 1. The minimum absolute atomic E-state index is 0.0551. The van der Waals surface area contributed by atoms with Crippen molar-refractivity contribution in [2.24, 2.45) is 0 Å². The molecule has 2 rings (SSSR count). The largest absolute Gasteiger partial charge is 0.357 e. The Balaban J connectivity index is 2.30. The van der Waals surface area contributed by atoms with Crippen molar-refractivity contribution >= 4 is 21.6 Å². The maximum absolute atomic E-state index is 5.68. The molecule has 0 aromatic heterocycles. The van der Waals surface area contributed by atoms with Gasteiger partial charge < -0.3 is 4.90 Å². The van der Waals surface area contributed by atoms with Crippen LogP contribution in [0.3, 0.4) is 0 Å². The zero-order chi connectivity index (χ0) is 13.0. The highest BCUT2D eigenvalue weighted by Gasteiger charge is 2.14. The number of halogens is 1. The number of hydrogen-bond donors (Lipinski definition) is 0. The molecule has 1 nitrogen and oxygen atoms in total. The lowest BCUT2D eigenvalue weighted by atomic mass is 10.1. The van der Waals surface area contributed by atoms with Gasteiger partial charge in [-0.15, -0.1) is 6.42 Å². The highest BCUT2D eigenvalue weighted by atomic mass is 79.9. The summed E-state index contributed by atoms with van der Waals surface area (Å²) >= 11 is 3.43. The molecular weight excluding hydrogens is 286 g/mol. The van der Waals surface area contributed by atoms with Crippen molar-refractivity contribution in [2.45, 2.75) is 6.04 Å². The first-order chi connectivity index (χ1) is 8.72. The first-order valence-electron chi connectivity index (χ1n) is 5.72. The maximum atomic E-state index is 5.68. The van der Waals surface area contributed by atoms with Crippen LogP contribution < -0.4 is 4.90 Å². The summed E-state index contributed by atoms with van der Waals surface area (Å²) in [4.78, 5) is 2.10. The molecule has 18 heavy (non-hydrogen) atoms. The Morgan fingerprint density at radius 2 is 1.67 bits per heavy atom. The van der Waals surface area contributed by atoms with Crippen LogP contribution in [0.5, 0.6) is 0 Å². The molecule has 0 aliphatic carbocycles. The van der Waals surface area contributed by atoms with E-state index < -0.39 is 0 Å². The second-order valence-corrected chi connectivity index (χ2v) is 4.98. The third-order valence-corrected chi connectivity index (χ3v) is 3.42. The van der Waals surface area contributed by atoms with E-state index in [1.165, 1.54) is 0 Å². The van der Waals surface area contributed by atoms with Crippen LogP contribution in [0, 0.1) is 12.3 Å². The van der Waals surface area contributed by atoms with E-state index in [0.29, 0.717) is 0 Å². The van der Waals surface area contributed by atoms with Crippen LogP contribution in [-0.2, 0) is 0 Å². The minimum Gasteiger partial charge on any atom is -0.357 e. The van der Waals surface area contributed by atoms with E-state index in [1.807, 2.05) is 49.5 Å². The molecule has 0 fully saturated rings. The first kappa shape index (κ1) is 12.7. The summed E-state index contributed by atoms with van der Waals surface area (Å²) in [6.45, 7) is 0. The van der Waals surface area contributed by atoms with Crippen LogP contribution in [0.1, 0.15) is 11.6 Å². The highest BCUT2D eigenvalue weighted by molar-refractivity contribution is 9.10. The van der Waals surface area contributed by atoms with Crippen molar-refractivity contribution in [3.8, 4) is 12.3 Å². The second kappa shape index (κ2) is 5.75. The van der Waals surface area contributed by atoms with Crippen LogP contribution in [-0.4, -0.2) is 7.05 Å². The lowest BCUT2D eigenvalue weighted by Crippen LogP contribution is -2.22. The average Bonchev–Trinajstić information content (AvgIpc) is 2.42. The lowest BCUT2D eigenvalue weighted by Gasteiger charge is -2.26. The van der Waals surface area contributed by atoms with E-state index in [1.54, 1.807) is 0 Å². The summed E-state index contributed by atoms with van der Waals surface area (Å²) in [6.07, 6.45) is 5.68. The third kappa shape index (κ3) is 2.75. The fourth-order valence-electron chi connectivity index (χ4n) is 1.89. The minimum atomic E-state index is -0.0551. The van der Waals surface area contributed by atoms with Gasteiger partial charge in [0.1, 0.15) is 6.04 Å².